The molecule has 19 heavy (non-hydrogen) atoms. The Labute approximate surface area is 111 Å². The summed E-state index contributed by atoms with van der Waals surface area (Å²) in [7, 11) is 0. The molecule has 2 N–H and O–H groups in total. The number of anilines is 1. The van der Waals surface area contributed by atoms with Crippen LogP contribution in [0.5, 0.6) is 0 Å². The molecule has 0 aliphatic rings. The first-order valence-electron chi connectivity index (χ1n) is 4.87. The number of nitrogens with one attached hydrogen (secondary N) is 1. The van der Waals surface area contributed by atoms with Gasteiger partial charge in [0.25, 0.3) is 5.91 Å². The molecule has 4 nitrogen and oxygen atoms in total. The molecule has 0 aliphatic heterocycles. The fourth-order valence-corrected chi connectivity index (χ4v) is 1.28. The lowest BCUT2D eigenvalue weighted by molar-refractivity contribution is -0.242. The average Bonchev–Trinajstić information content (AvgIpc) is 2.27. The zero-order chi connectivity index (χ0) is 14.8. The van der Waals surface area contributed by atoms with Crippen molar-refractivity contribution < 1.29 is 23.1 Å². The minimum Gasteiger partial charge on any atom is -0.373 e. The minimum absolute atomic E-state index is 0.0144. The maximum Gasteiger partial charge on any atom is 0.426 e. The van der Waals surface area contributed by atoms with Gasteiger partial charge in [0.05, 0.1) is 6.57 Å². The third kappa shape index (κ3) is 3.16. The van der Waals surface area contributed by atoms with Crippen molar-refractivity contribution in [3.63, 3.8) is 0 Å². The Kier molecular flexibility index (Phi) is 4.08. The normalized spacial score (nSPS) is 14.4. The van der Waals surface area contributed by atoms with E-state index in [4.69, 9.17) is 23.3 Å². The zero-order valence-corrected chi connectivity index (χ0v) is 10.3. The van der Waals surface area contributed by atoms with Crippen LogP contribution in [0.2, 0.25) is 5.02 Å². The summed E-state index contributed by atoms with van der Waals surface area (Å²) in [4.78, 5) is 14.4. The third-order valence-corrected chi connectivity index (χ3v) is 2.62. The van der Waals surface area contributed by atoms with Crippen molar-refractivity contribution in [3.8, 4) is 0 Å². The van der Waals surface area contributed by atoms with Gasteiger partial charge in [-0.15, -0.1) is 0 Å². The summed E-state index contributed by atoms with van der Waals surface area (Å²) in [6, 6.07) is 3.58. The highest BCUT2D eigenvalue weighted by Crippen LogP contribution is 2.32. The topological polar surface area (TPSA) is 53.7 Å². The van der Waals surface area contributed by atoms with Crippen LogP contribution in [0.25, 0.3) is 4.85 Å². The van der Waals surface area contributed by atoms with Crippen molar-refractivity contribution >= 4 is 28.9 Å². The summed E-state index contributed by atoms with van der Waals surface area (Å²) in [6.45, 7) is 7.09. The summed E-state index contributed by atoms with van der Waals surface area (Å²) in [6.07, 6.45) is -5.10. The van der Waals surface area contributed by atoms with E-state index in [1.54, 1.807) is 0 Å². The molecule has 1 aromatic carbocycles. The molecule has 0 fully saturated rings. The molecular formula is C11H8ClF3N2O2. The number of nitrogens with zero attached hydrogens (tertiary/aromatic N) is 1. The SMILES string of the molecule is [C-]#[N+]c1ccc(NC(=O)C(C)(O)C(F)(F)F)cc1Cl. The molecule has 0 saturated carbocycles. The highest BCUT2D eigenvalue weighted by atomic mass is 35.5. The number of alkyl halides is 3. The summed E-state index contributed by atoms with van der Waals surface area (Å²) in [5, 5.41) is 11.0. The van der Waals surface area contributed by atoms with Crippen molar-refractivity contribution in [1.82, 2.24) is 0 Å². The molecule has 0 radical (unpaired) electrons. The van der Waals surface area contributed by atoms with Crippen molar-refractivity contribution in [2.75, 3.05) is 5.32 Å². The van der Waals surface area contributed by atoms with Crippen LogP contribution in [0.15, 0.2) is 18.2 Å². The molecule has 1 aromatic rings. The molecule has 0 aliphatic carbocycles. The highest BCUT2D eigenvalue weighted by molar-refractivity contribution is 6.33. The van der Waals surface area contributed by atoms with Crippen LogP contribution >= 0.6 is 11.6 Å². The first-order chi connectivity index (χ1) is 8.59. The van der Waals surface area contributed by atoms with Gasteiger partial charge in [0, 0.05) is 10.7 Å². The Balaban J connectivity index is 2.96. The highest BCUT2D eigenvalue weighted by Gasteiger charge is 2.55. The van der Waals surface area contributed by atoms with E-state index in [-0.39, 0.29) is 16.4 Å². The molecule has 0 bridgehead atoms. The number of carbonyl (C=O) groups is 1. The minimum atomic E-state index is -5.10. The number of rotatable bonds is 2. The summed E-state index contributed by atoms with van der Waals surface area (Å²) >= 11 is 5.67. The van der Waals surface area contributed by atoms with Crippen molar-refractivity contribution in [1.29, 1.82) is 0 Å². The lowest BCUT2D eigenvalue weighted by Crippen LogP contribution is -2.52. The van der Waals surface area contributed by atoms with E-state index in [2.05, 4.69) is 4.85 Å². The third-order valence-electron chi connectivity index (χ3n) is 2.32. The van der Waals surface area contributed by atoms with E-state index >= 15 is 0 Å². The quantitative estimate of drug-likeness (QED) is 0.823. The fraction of sp³-hybridized carbons (Fsp3) is 0.273. The molecule has 1 atom stereocenters. The van der Waals surface area contributed by atoms with Gasteiger partial charge in [0.15, 0.2) is 0 Å². The number of carbonyl (C=O) groups excluding carboxylic acids is 1. The predicted molar refractivity (Wildman–Crippen MR) is 63.0 cm³/mol. The monoisotopic (exact) mass is 292 g/mol. The van der Waals surface area contributed by atoms with E-state index in [0.717, 1.165) is 6.07 Å². The molecule has 102 valence electrons. The molecule has 0 saturated heterocycles. The maximum atomic E-state index is 12.4. The van der Waals surface area contributed by atoms with Crippen LogP contribution < -0.4 is 5.32 Å². The second kappa shape index (κ2) is 5.07. The number of benzene rings is 1. The van der Waals surface area contributed by atoms with E-state index < -0.39 is 17.7 Å². The second-order valence-electron chi connectivity index (χ2n) is 3.80. The van der Waals surface area contributed by atoms with Gasteiger partial charge in [-0.25, -0.2) is 4.85 Å². The number of amides is 1. The van der Waals surface area contributed by atoms with Crippen molar-refractivity contribution in [2.45, 2.75) is 18.7 Å². The summed E-state index contributed by atoms with van der Waals surface area (Å²) in [5.41, 5.74) is -3.47. The number of hydrogen-bond donors (Lipinski definition) is 2. The van der Waals surface area contributed by atoms with E-state index in [9.17, 15) is 18.0 Å². The van der Waals surface area contributed by atoms with Gasteiger partial charge >= 0.3 is 6.18 Å². The van der Waals surface area contributed by atoms with Crippen molar-refractivity contribution in [2.24, 2.45) is 0 Å². The van der Waals surface area contributed by atoms with Crippen LogP contribution in [0.1, 0.15) is 6.92 Å². The lowest BCUT2D eigenvalue weighted by Gasteiger charge is -2.24. The van der Waals surface area contributed by atoms with Gasteiger partial charge in [-0.2, -0.15) is 13.2 Å². The Bertz CT molecular complexity index is 550. The molecule has 1 amide bonds. The lowest BCUT2D eigenvalue weighted by atomic mass is 10.1. The molecule has 0 heterocycles. The molecule has 8 heteroatoms. The zero-order valence-electron chi connectivity index (χ0n) is 9.55. The number of halogens is 4. The number of hydrogen-bond acceptors (Lipinski definition) is 2. The van der Waals surface area contributed by atoms with Crippen LogP contribution in [0, 0.1) is 6.57 Å². The van der Waals surface area contributed by atoms with Gasteiger partial charge in [0.2, 0.25) is 11.3 Å². The first-order valence-corrected chi connectivity index (χ1v) is 5.25. The number of aliphatic hydroxyl groups is 1. The molecule has 0 spiro atoms. The van der Waals surface area contributed by atoms with Gasteiger partial charge in [-0.3, -0.25) is 4.79 Å². The first kappa shape index (κ1) is 15.3. The van der Waals surface area contributed by atoms with Gasteiger partial charge in [-0.05, 0) is 19.1 Å². The van der Waals surface area contributed by atoms with Gasteiger partial charge in [-0.1, -0.05) is 17.7 Å². The average molecular weight is 293 g/mol. The summed E-state index contributed by atoms with van der Waals surface area (Å²) in [5.74, 6) is -1.63. The molecule has 0 aromatic heterocycles. The summed E-state index contributed by atoms with van der Waals surface area (Å²) < 4.78 is 37.2. The Morgan fingerprint density at radius 1 is 1.47 bits per heavy atom. The molecular weight excluding hydrogens is 285 g/mol. The largest absolute Gasteiger partial charge is 0.426 e. The van der Waals surface area contributed by atoms with E-state index in [1.165, 1.54) is 12.1 Å². The fourth-order valence-electron chi connectivity index (χ4n) is 1.06. The van der Waals surface area contributed by atoms with Crippen LogP contribution in [0.3, 0.4) is 0 Å². The van der Waals surface area contributed by atoms with Crippen molar-refractivity contribution in [3.05, 3.63) is 34.6 Å². The van der Waals surface area contributed by atoms with Crippen LogP contribution in [0.4, 0.5) is 24.5 Å². The Hall–Kier alpha value is -1.78. The predicted octanol–water partition coefficient (Wildman–Crippen LogP) is 3.14. The van der Waals surface area contributed by atoms with Crippen LogP contribution in [-0.2, 0) is 4.79 Å². The van der Waals surface area contributed by atoms with E-state index in [1.807, 2.05) is 5.32 Å². The second-order valence-corrected chi connectivity index (χ2v) is 4.21. The van der Waals surface area contributed by atoms with E-state index in [0.29, 0.717) is 6.92 Å². The van der Waals surface area contributed by atoms with Crippen LogP contribution in [-0.4, -0.2) is 22.8 Å². The van der Waals surface area contributed by atoms with Gasteiger partial charge < -0.3 is 10.4 Å². The Morgan fingerprint density at radius 3 is 2.47 bits per heavy atom. The molecule has 1 unspecified atom stereocenters. The maximum absolute atomic E-state index is 12.4. The Morgan fingerprint density at radius 2 is 2.05 bits per heavy atom. The molecule has 1 rings (SSSR count). The standard InChI is InChI=1S/C11H8ClF3N2O2/c1-10(19,11(13,14)15)9(18)17-6-3-4-8(16-2)7(12)5-6/h3-5,19H,1H3,(H,17,18). The van der Waals surface area contributed by atoms with Gasteiger partial charge in [0.1, 0.15) is 0 Å². The smallest absolute Gasteiger partial charge is 0.373 e.